The molecule has 2 amide bonds. The molecule has 8 heteroatoms. The molecule has 0 aliphatic carbocycles. The van der Waals surface area contributed by atoms with E-state index in [1.807, 2.05) is 43.3 Å². The fourth-order valence-corrected chi connectivity index (χ4v) is 3.87. The fourth-order valence-electron chi connectivity index (χ4n) is 3.87. The summed E-state index contributed by atoms with van der Waals surface area (Å²) in [5.41, 5.74) is 2.57. The van der Waals surface area contributed by atoms with Crippen LogP contribution in [0.3, 0.4) is 0 Å². The molecule has 0 atom stereocenters. The monoisotopic (exact) mass is 453 g/mol. The van der Waals surface area contributed by atoms with Crippen LogP contribution in [0.4, 0.5) is 11.4 Å². The number of carbonyl (C=O) groups excluding carboxylic acids is 2. The lowest BCUT2D eigenvalue weighted by Crippen LogP contribution is -2.45. The molecule has 0 unspecified atom stereocenters. The summed E-state index contributed by atoms with van der Waals surface area (Å²) in [6.45, 7) is 7.12. The van der Waals surface area contributed by atoms with Crippen molar-refractivity contribution in [2.45, 2.75) is 19.8 Å². The molecule has 2 aliphatic rings. The second-order valence-corrected chi connectivity index (χ2v) is 8.28. The van der Waals surface area contributed by atoms with Crippen LogP contribution in [0.2, 0.25) is 0 Å². The van der Waals surface area contributed by atoms with E-state index in [-0.39, 0.29) is 18.4 Å². The number of carbonyl (C=O) groups is 2. The number of nitrogens with one attached hydrogen (secondary N) is 1. The van der Waals surface area contributed by atoms with Crippen molar-refractivity contribution in [3.05, 3.63) is 48.0 Å². The highest BCUT2D eigenvalue weighted by atomic mass is 16.5. The first kappa shape index (κ1) is 23.1. The normalized spacial score (nSPS) is 16.2. The topological polar surface area (TPSA) is 80.3 Å². The summed E-state index contributed by atoms with van der Waals surface area (Å²) in [6, 6.07) is 13.3. The molecular weight excluding hydrogens is 422 g/mol. The minimum absolute atomic E-state index is 0.00383. The summed E-state index contributed by atoms with van der Waals surface area (Å²) < 4.78 is 16.7. The number of nitrogens with zero attached hydrogens (tertiary/aromatic N) is 2. The van der Waals surface area contributed by atoms with Crippen LogP contribution in [0, 0.1) is 6.92 Å². The van der Waals surface area contributed by atoms with Crippen molar-refractivity contribution in [1.29, 1.82) is 0 Å². The minimum atomic E-state index is -0.0847. The van der Waals surface area contributed by atoms with Gasteiger partial charge in [-0.05, 0) is 37.6 Å². The molecule has 1 N–H and O–H groups in total. The molecule has 0 aromatic heterocycles. The number of ether oxygens (including phenoxy) is 3. The predicted molar refractivity (Wildman–Crippen MR) is 126 cm³/mol. The lowest BCUT2D eigenvalue weighted by Gasteiger charge is -2.33. The van der Waals surface area contributed by atoms with E-state index in [1.165, 1.54) is 5.56 Å². The highest BCUT2D eigenvalue weighted by Crippen LogP contribution is 2.34. The Morgan fingerprint density at radius 3 is 2.67 bits per heavy atom. The molecule has 0 radical (unpaired) electrons. The standard InChI is InChI=1S/C25H31N3O5/c1-19-4-7-21(8-5-19)32-14-2-3-24(29)26-20-6-9-22-23(17-20)33-18-25(30)28(22)11-10-27-12-15-31-16-13-27/h4-9,17H,2-3,10-16,18H2,1H3,(H,26,29). The highest BCUT2D eigenvalue weighted by Gasteiger charge is 2.26. The Morgan fingerprint density at radius 2 is 1.88 bits per heavy atom. The Labute approximate surface area is 194 Å². The number of amides is 2. The molecule has 176 valence electrons. The second-order valence-electron chi connectivity index (χ2n) is 8.28. The lowest BCUT2D eigenvalue weighted by molar-refractivity contribution is -0.121. The van der Waals surface area contributed by atoms with E-state index in [9.17, 15) is 9.59 Å². The predicted octanol–water partition coefficient (Wildman–Crippen LogP) is 2.85. The third-order valence-corrected chi connectivity index (χ3v) is 5.77. The Morgan fingerprint density at radius 1 is 1.09 bits per heavy atom. The SMILES string of the molecule is Cc1ccc(OCCCC(=O)Nc2ccc3c(c2)OCC(=O)N3CCN2CCOCC2)cc1. The Hall–Kier alpha value is -3.10. The van der Waals surface area contributed by atoms with E-state index >= 15 is 0 Å². The molecule has 8 nitrogen and oxygen atoms in total. The van der Waals surface area contributed by atoms with Gasteiger partial charge in [-0.3, -0.25) is 14.5 Å². The van der Waals surface area contributed by atoms with E-state index in [0.717, 1.165) is 44.3 Å². The van der Waals surface area contributed by atoms with Gasteiger partial charge in [0.05, 0.1) is 25.5 Å². The van der Waals surface area contributed by atoms with Crippen molar-refractivity contribution in [3.8, 4) is 11.5 Å². The van der Waals surface area contributed by atoms with Crippen LogP contribution in [-0.4, -0.2) is 69.3 Å². The number of rotatable bonds is 9. The Kier molecular flexibility index (Phi) is 7.80. The van der Waals surface area contributed by atoms with Gasteiger partial charge in [0, 0.05) is 44.4 Å². The van der Waals surface area contributed by atoms with Gasteiger partial charge < -0.3 is 24.4 Å². The van der Waals surface area contributed by atoms with Crippen LogP contribution in [-0.2, 0) is 14.3 Å². The summed E-state index contributed by atoms with van der Waals surface area (Å²) in [4.78, 5) is 28.8. The van der Waals surface area contributed by atoms with Crippen molar-refractivity contribution >= 4 is 23.2 Å². The average Bonchev–Trinajstić information content (AvgIpc) is 2.83. The summed E-state index contributed by atoms with van der Waals surface area (Å²) >= 11 is 0. The number of fused-ring (bicyclic) bond motifs is 1. The summed E-state index contributed by atoms with van der Waals surface area (Å²) in [5.74, 6) is 1.28. The van der Waals surface area contributed by atoms with Gasteiger partial charge in [-0.2, -0.15) is 0 Å². The molecule has 0 spiro atoms. The maximum Gasteiger partial charge on any atom is 0.265 e. The van der Waals surface area contributed by atoms with Gasteiger partial charge in [-0.25, -0.2) is 0 Å². The molecule has 2 aromatic carbocycles. The summed E-state index contributed by atoms with van der Waals surface area (Å²) in [6.07, 6.45) is 0.971. The van der Waals surface area contributed by atoms with E-state index in [2.05, 4.69) is 10.2 Å². The average molecular weight is 454 g/mol. The van der Waals surface area contributed by atoms with Crippen molar-refractivity contribution < 1.29 is 23.8 Å². The van der Waals surface area contributed by atoms with Crippen LogP contribution in [0.25, 0.3) is 0 Å². The largest absolute Gasteiger partial charge is 0.494 e. The highest BCUT2D eigenvalue weighted by molar-refractivity contribution is 5.99. The van der Waals surface area contributed by atoms with Crippen LogP contribution in [0.5, 0.6) is 11.5 Å². The lowest BCUT2D eigenvalue weighted by atomic mass is 10.2. The van der Waals surface area contributed by atoms with E-state index in [0.29, 0.717) is 37.4 Å². The van der Waals surface area contributed by atoms with Gasteiger partial charge in [-0.1, -0.05) is 17.7 Å². The van der Waals surface area contributed by atoms with Gasteiger partial charge in [0.25, 0.3) is 5.91 Å². The van der Waals surface area contributed by atoms with Crippen LogP contribution in [0.1, 0.15) is 18.4 Å². The molecule has 2 aromatic rings. The minimum Gasteiger partial charge on any atom is -0.494 e. The smallest absolute Gasteiger partial charge is 0.265 e. The number of hydrogen-bond donors (Lipinski definition) is 1. The number of aryl methyl sites for hydroxylation is 1. The van der Waals surface area contributed by atoms with Gasteiger partial charge >= 0.3 is 0 Å². The number of benzene rings is 2. The molecule has 2 aliphatic heterocycles. The fraction of sp³-hybridized carbons (Fsp3) is 0.440. The zero-order valence-electron chi connectivity index (χ0n) is 19.0. The first-order valence-corrected chi connectivity index (χ1v) is 11.4. The first-order valence-electron chi connectivity index (χ1n) is 11.4. The Bertz CT molecular complexity index is 957. The molecule has 0 bridgehead atoms. The maximum atomic E-state index is 12.4. The number of anilines is 2. The first-order chi connectivity index (χ1) is 16.1. The van der Waals surface area contributed by atoms with Crippen molar-refractivity contribution in [1.82, 2.24) is 4.90 Å². The molecule has 4 rings (SSSR count). The Balaban J connectivity index is 1.26. The van der Waals surface area contributed by atoms with Crippen molar-refractivity contribution in [2.24, 2.45) is 0 Å². The van der Waals surface area contributed by atoms with Crippen LogP contribution in [0.15, 0.2) is 42.5 Å². The molecule has 33 heavy (non-hydrogen) atoms. The van der Waals surface area contributed by atoms with E-state index < -0.39 is 0 Å². The zero-order chi connectivity index (χ0) is 23.0. The van der Waals surface area contributed by atoms with Crippen molar-refractivity contribution in [2.75, 3.05) is 62.8 Å². The van der Waals surface area contributed by atoms with Crippen LogP contribution >= 0.6 is 0 Å². The van der Waals surface area contributed by atoms with Gasteiger partial charge in [0.15, 0.2) is 6.61 Å². The van der Waals surface area contributed by atoms with Gasteiger partial charge in [0.1, 0.15) is 11.5 Å². The second kappa shape index (κ2) is 11.2. The molecular formula is C25H31N3O5. The number of morpholine rings is 1. The quantitative estimate of drug-likeness (QED) is 0.588. The summed E-state index contributed by atoms with van der Waals surface area (Å²) in [5, 5.41) is 2.91. The molecule has 1 saturated heterocycles. The van der Waals surface area contributed by atoms with Crippen molar-refractivity contribution in [3.63, 3.8) is 0 Å². The van der Waals surface area contributed by atoms with Gasteiger partial charge in [-0.15, -0.1) is 0 Å². The van der Waals surface area contributed by atoms with Gasteiger partial charge in [0.2, 0.25) is 5.91 Å². The third-order valence-electron chi connectivity index (χ3n) is 5.77. The molecule has 1 fully saturated rings. The van der Waals surface area contributed by atoms with E-state index in [1.54, 1.807) is 11.0 Å². The third kappa shape index (κ3) is 6.46. The number of hydrogen-bond acceptors (Lipinski definition) is 6. The molecule has 0 saturated carbocycles. The zero-order valence-corrected chi connectivity index (χ0v) is 19.0. The van der Waals surface area contributed by atoms with Crippen LogP contribution < -0.4 is 19.7 Å². The molecule has 2 heterocycles. The van der Waals surface area contributed by atoms with E-state index in [4.69, 9.17) is 14.2 Å². The maximum absolute atomic E-state index is 12.4. The summed E-state index contributed by atoms with van der Waals surface area (Å²) in [7, 11) is 0.